The summed E-state index contributed by atoms with van der Waals surface area (Å²) < 4.78 is 27.3. The van der Waals surface area contributed by atoms with E-state index in [1.807, 2.05) is 0 Å². The van der Waals surface area contributed by atoms with E-state index in [-0.39, 0.29) is 16.8 Å². The van der Waals surface area contributed by atoms with Crippen molar-refractivity contribution in [3.63, 3.8) is 0 Å². The fourth-order valence-corrected chi connectivity index (χ4v) is 2.17. The average molecular weight is 311 g/mol. The molecule has 21 heavy (non-hydrogen) atoms. The molecule has 0 aliphatic rings. The second-order valence-corrected chi connectivity index (χ2v) is 5.00. The number of nitrogens with one attached hydrogen (secondary N) is 1. The zero-order valence-electron chi connectivity index (χ0n) is 11.2. The van der Waals surface area contributed by atoms with Gasteiger partial charge in [-0.25, -0.2) is 8.78 Å². The van der Waals surface area contributed by atoms with E-state index in [1.165, 1.54) is 25.1 Å². The number of nitrogens with two attached hydrogens (primary N) is 1. The van der Waals surface area contributed by atoms with Crippen LogP contribution in [-0.2, 0) is 0 Å². The van der Waals surface area contributed by atoms with Crippen molar-refractivity contribution in [1.82, 2.24) is 5.32 Å². The summed E-state index contributed by atoms with van der Waals surface area (Å²) >= 11 is 5.81. The van der Waals surface area contributed by atoms with Gasteiger partial charge >= 0.3 is 0 Å². The van der Waals surface area contributed by atoms with Crippen LogP contribution in [0.5, 0.6) is 0 Å². The Morgan fingerprint density at radius 2 is 1.86 bits per heavy atom. The second-order valence-electron chi connectivity index (χ2n) is 4.56. The van der Waals surface area contributed by atoms with Crippen LogP contribution in [0, 0.1) is 11.6 Å². The highest BCUT2D eigenvalue weighted by molar-refractivity contribution is 6.31. The smallest absolute Gasteiger partial charge is 0.253 e. The number of nitrogen functional groups attached to an aromatic ring is 1. The molecule has 0 radical (unpaired) electrons. The van der Waals surface area contributed by atoms with Crippen LogP contribution >= 0.6 is 11.6 Å². The van der Waals surface area contributed by atoms with Crippen LogP contribution in [0.4, 0.5) is 14.5 Å². The van der Waals surface area contributed by atoms with Crippen molar-refractivity contribution in [2.24, 2.45) is 0 Å². The number of amides is 1. The van der Waals surface area contributed by atoms with Gasteiger partial charge in [-0.15, -0.1) is 0 Å². The molecule has 1 unspecified atom stereocenters. The number of rotatable bonds is 3. The average Bonchev–Trinajstić information content (AvgIpc) is 2.41. The summed E-state index contributed by atoms with van der Waals surface area (Å²) in [6.45, 7) is 1.49. The molecule has 0 saturated carbocycles. The Morgan fingerprint density at radius 1 is 1.24 bits per heavy atom. The molecular formula is C15H13ClF2N2O. The zero-order chi connectivity index (χ0) is 15.6. The number of hydrogen-bond donors (Lipinski definition) is 2. The van der Waals surface area contributed by atoms with Crippen LogP contribution in [0.15, 0.2) is 36.4 Å². The maximum atomic E-state index is 13.7. The first-order valence-electron chi connectivity index (χ1n) is 6.20. The molecule has 0 saturated heterocycles. The number of halogens is 3. The molecule has 1 atom stereocenters. The molecule has 2 rings (SSSR count). The van der Waals surface area contributed by atoms with Crippen molar-refractivity contribution >= 4 is 23.2 Å². The van der Waals surface area contributed by atoms with Crippen molar-refractivity contribution in [2.75, 3.05) is 5.73 Å². The third-order valence-electron chi connectivity index (χ3n) is 3.04. The molecule has 0 spiro atoms. The maximum Gasteiger partial charge on any atom is 0.253 e. The Hall–Kier alpha value is -2.14. The SMILES string of the molecule is CC(NC(=O)c1cc(Cl)ccc1N)c1c(F)cccc1F. The molecule has 110 valence electrons. The van der Waals surface area contributed by atoms with Crippen LogP contribution in [0.1, 0.15) is 28.9 Å². The van der Waals surface area contributed by atoms with E-state index in [4.69, 9.17) is 17.3 Å². The quantitative estimate of drug-likeness (QED) is 0.849. The van der Waals surface area contributed by atoms with Crippen molar-refractivity contribution in [3.8, 4) is 0 Å². The topological polar surface area (TPSA) is 55.1 Å². The highest BCUT2D eigenvalue weighted by Crippen LogP contribution is 2.22. The molecule has 0 aliphatic heterocycles. The number of carbonyl (C=O) groups excluding carboxylic acids is 1. The Morgan fingerprint density at radius 3 is 2.48 bits per heavy atom. The van der Waals surface area contributed by atoms with Gasteiger partial charge in [0, 0.05) is 16.3 Å². The minimum Gasteiger partial charge on any atom is -0.398 e. The Balaban J connectivity index is 2.25. The van der Waals surface area contributed by atoms with E-state index in [9.17, 15) is 13.6 Å². The molecule has 2 aromatic carbocycles. The van der Waals surface area contributed by atoms with Crippen molar-refractivity contribution in [1.29, 1.82) is 0 Å². The molecule has 1 amide bonds. The van der Waals surface area contributed by atoms with Gasteiger partial charge in [0.1, 0.15) is 11.6 Å². The van der Waals surface area contributed by atoms with E-state index in [1.54, 1.807) is 6.07 Å². The van der Waals surface area contributed by atoms with Gasteiger partial charge in [-0.1, -0.05) is 17.7 Å². The number of hydrogen-bond acceptors (Lipinski definition) is 2. The molecule has 0 bridgehead atoms. The minimum absolute atomic E-state index is 0.158. The van der Waals surface area contributed by atoms with Gasteiger partial charge in [0.15, 0.2) is 0 Å². The van der Waals surface area contributed by atoms with E-state index >= 15 is 0 Å². The van der Waals surface area contributed by atoms with Gasteiger partial charge in [0.2, 0.25) is 0 Å². The van der Waals surface area contributed by atoms with Crippen LogP contribution in [0.25, 0.3) is 0 Å². The Kier molecular flexibility index (Phi) is 4.43. The van der Waals surface area contributed by atoms with Gasteiger partial charge in [-0.2, -0.15) is 0 Å². The first-order valence-corrected chi connectivity index (χ1v) is 6.57. The van der Waals surface area contributed by atoms with Gasteiger partial charge in [-0.3, -0.25) is 4.79 Å². The van der Waals surface area contributed by atoms with Crippen molar-refractivity contribution in [2.45, 2.75) is 13.0 Å². The largest absolute Gasteiger partial charge is 0.398 e. The van der Waals surface area contributed by atoms with E-state index in [0.717, 1.165) is 12.1 Å². The predicted molar refractivity (Wildman–Crippen MR) is 78.1 cm³/mol. The summed E-state index contributed by atoms with van der Waals surface area (Å²) in [5, 5.41) is 2.85. The van der Waals surface area contributed by atoms with Gasteiger partial charge < -0.3 is 11.1 Å². The lowest BCUT2D eigenvalue weighted by molar-refractivity contribution is 0.0939. The monoisotopic (exact) mass is 310 g/mol. The summed E-state index contributed by atoms with van der Waals surface area (Å²) in [5.74, 6) is -1.99. The summed E-state index contributed by atoms with van der Waals surface area (Å²) in [7, 11) is 0. The normalized spacial score (nSPS) is 12.0. The minimum atomic E-state index is -0.850. The number of carbonyl (C=O) groups is 1. The molecule has 0 heterocycles. The highest BCUT2D eigenvalue weighted by Gasteiger charge is 2.19. The summed E-state index contributed by atoms with van der Waals surface area (Å²) in [5.41, 5.74) is 5.89. The molecule has 0 aromatic heterocycles. The van der Waals surface area contributed by atoms with Crippen molar-refractivity contribution < 1.29 is 13.6 Å². The molecule has 0 fully saturated rings. The molecule has 3 N–H and O–H groups in total. The van der Waals surface area contributed by atoms with Crippen LogP contribution < -0.4 is 11.1 Å². The summed E-state index contributed by atoms with van der Waals surface area (Å²) in [6, 6.07) is 7.12. The lowest BCUT2D eigenvalue weighted by atomic mass is 10.1. The fraction of sp³-hybridized carbons (Fsp3) is 0.133. The molecule has 2 aromatic rings. The number of benzene rings is 2. The molecule has 6 heteroatoms. The lowest BCUT2D eigenvalue weighted by Gasteiger charge is -2.16. The van der Waals surface area contributed by atoms with E-state index in [2.05, 4.69) is 5.32 Å². The van der Waals surface area contributed by atoms with Gasteiger partial charge in [0.25, 0.3) is 5.91 Å². The van der Waals surface area contributed by atoms with Crippen LogP contribution in [-0.4, -0.2) is 5.91 Å². The zero-order valence-corrected chi connectivity index (χ0v) is 11.9. The maximum absolute atomic E-state index is 13.7. The Bertz CT molecular complexity index is 671. The molecular weight excluding hydrogens is 298 g/mol. The highest BCUT2D eigenvalue weighted by atomic mass is 35.5. The van der Waals surface area contributed by atoms with E-state index in [0.29, 0.717) is 5.02 Å². The van der Waals surface area contributed by atoms with Crippen LogP contribution in [0.3, 0.4) is 0 Å². The third-order valence-corrected chi connectivity index (χ3v) is 3.28. The molecule has 3 nitrogen and oxygen atoms in total. The van der Waals surface area contributed by atoms with E-state index < -0.39 is 23.6 Å². The predicted octanol–water partition coefficient (Wildman–Crippen LogP) is 3.69. The standard InChI is InChI=1S/C15H13ClF2N2O/c1-8(14-11(17)3-2-4-12(14)18)20-15(21)10-7-9(16)5-6-13(10)19/h2-8H,19H2,1H3,(H,20,21). The molecule has 0 aliphatic carbocycles. The van der Waals surface area contributed by atoms with Crippen LogP contribution in [0.2, 0.25) is 5.02 Å². The fourth-order valence-electron chi connectivity index (χ4n) is 2.00. The summed E-state index contributed by atoms with van der Waals surface area (Å²) in [6.07, 6.45) is 0. The first-order chi connectivity index (χ1) is 9.90. The van der Waals surface area contributed by atoms with Gasteiger partial charge in [-0.05, 0) is 37.3 Å². The Labute approximate surface area is 125 Å². The van der Waals surface area contributed by atoms with Crippen molar-refractivity contribution in [3.05, 3.63) is 64.2 Å². The second kappa shape index (κ2) is 6.10. The third kappa shape index (κ3) is 3.31. The van der Waals surface area contributed by atoms with Gasteiger partial charge in [0.05, 0.1) is 11.6 Å². The summed E-state index contributed by atoms with van der Waals surface area (Å²) in [4.78, 5) is 12.1. The number of anilines is 1. The lowest BCUT2D eigenvalue weighted by Crippen LogP contribution is -2.28. The first kappa shape index (κ1) is 15.3.